The Hall–Kier alpha value is -2.12. The molecule has 0 bridgehead atoms. The Morgan fingerprint density at radius 2 is 2.15 bits per heavy atom. The van der Waals surface area contributed by atoms with Crippen LogP contribution in [0, 0.1) is 0 Å². The Labute approximate surface area is 161 Å². The number of ether oxygens (including phenoxy) is 1. The Morgan fingerprint density at radius 3 is 2.88 bits per heavy atom. The van der Waals surface area contributed by atoms with Gasteiger partial charge in [-0.3, -0.25) is 9.59 Å². The highest BCUT2D eigenvalue weighted by Crippen LogP contribution is 2.18. The molecule has 3 rings (SSSR count). The fourth-order valence-corrected chi connectivity index (χ4v) is 3.47. The SMILES string of the molecule is O=C(NCCCN1CCCC1=O)c1csc(COc2ccc(Cl)cc2)n1. The van der Waals surface area contributed by atoms with Crippen LogP contribution in [0.25, 0.3) is 0 Å². The van der Waals surface area contributed by atoms with Gasteiger partial charge in [-0.05, 0) is 37.1 Å². The van der Waals surface area contributed by atoms with Crippen LogP contribution in [-0.2, 0) is 11.4 Å². The minimum atomic E-state index is -0.202. The van der Waals surface area contributed by atoms with E-state index < -0.39 is 0 Å². The van der Waals surface area contributed by atoms with Crippen LogP contribution in [0.2, 0.25) is 5.02 Å². The third-order valence-corrected chi connectivity index (χ3v) is 5.10. The van der Waals surface area contributed by atoms with E-state index in [0.717, 1.165) is 24.4 Å². The summed E-state index contributed by atoms with van der Waals surface area (Å²) in [7, 11) is 0. The smallest absolute Gasteiger partial charge is 0.270 e. The van der Waals surface area contributed by atoms with Gasteiger partial charge in [0.25, 0.3) is 5.91 Å². The molecule has 1 saturated heterocycles. The van der Waals surface area contributed by atoms with Crippen LogP contribution >= 0.6 is 22.9 Å². The second kappa shape index (κ2) is 9.00. The third kappa shape index (κ3) is 5.19. The van der Waals surface area contributed by atoms with Crippen molar-refractivity contribution >= 4 is 34.8 Å². The molecule has 1 aliphatic heterocycles. The molecule has 1 aliphatic rings. The van der Waals surface area contributed by atoms with Gasteiger partial charge < -0.3 is 15.0 Å². The number of hydrogen-bond donors (Lipinski definition) is 1. The van der Waals surface area contributed by atoms with Crippen molar-refractivity contribution in [3.05, 3.63) is 45.4 Å². The number of aromatic nitrogens is 1. The average molecular weight is 394 g/mol. The molecule has 6 nitrogen and oxygen atoms in total. The number of benzene rings is 1. The lowest BCUT2D eigenvalue weighted by Crippen LogP contribution is -2.30. The van der Waals surface area contributed by atoms with E-state index in [1.165, 1.54) is 11.3 Å². The summed E-state index contributed by atoms with van der Waals surface area (Å²) in [6.07, 6.45) is 2.32. The molecule has 1 fully saturated rings. The number of nitrogens with zero attached hydrogens (tertiary/aromatic N) is 2. The van der Waals surface area contributed by atoms with E-state index in [1.54, 1.807) is 29.6 Å². The van der Waals surface area contributed by atoms with Crippen LogP contribution in [0.15, 0.2) is 29.6 Å². The van der Waals surface area contributed by atoms with Gasteiger partial charge in [0, 0.05) is 36.5 Å². The average Bonchev–Trinajstić information content (AvgIpc) is 3.27. The van der Waals surface area contributed by atoms with Gasteiger partial charge in [0.15, 0.2) is 0 Å². The molecule has 0 aliphatic carbocycles. The van der Waals surface area contributed by atoms with Gasteiger partial charge in [-0.1, -0.05) is 11.6 Å². The summed E-state index contributed by atoms with van der Waals surface area (Å²) in [5.74, 6) is 0.708. The third-order valence-electron chi connectivity index (χ3n) is 4.02. The minimum Gasteiger partial charge on any atom is -0.486 e. The normalized spacial score (nSPS) is 13.9. The number of carbonyl (C=O) groups excluding carboxylic acids is 2. The van der Waals surface area contributed by atoms with Crippen LogP contribution in [0.1, 0.15) is 34.8 Å². The zero-order valence-corrected chi connectivity index (χ0v) is 15.8. The predicted octanol–water partition coefficient (Wildman–Crippen LogP) is 3.12. The molecule has 1 aromatic carbocycles. The van der Waals surface area contributed by atoms with Gasteiger partial charge >= 0.3 is 0 Å². The van der Waals surface area contributed by atoms with E-state index >= 15 is 0 Å². The molecule has 0 unspecified atom stereocenters. The zero-order valence-electron chi connectivity index (χ0n) is 14.2. The van der Waals surface area contributed by atoms with Crippen molar-refractivity contribution in [1.29, 1.82) is 0 Å². The van der Waals surface area contributed by atoms with Crippen molar-refractivity contribution in [2.45, 2.75) is 25.9 Å². The Bertz CT molecular complexity index is 763. The molecule has 2 heterocycles. The number of nitrogens with one attached hydrogen (secondary N) is 1. The molecule has 1 N–H and O–H groups in total. The van der Waals surface area contributed by atoms with Gasteiger partial charge in [0.05, 0.1) is 0 Å². The molecule has 1 aromatic heterocycles. The first-order chi connectivity index (χ1) is 12.6. The van der Waals surface area contributed by atoms with Gasteiger partial charge in [-0.25, -0.2) is 4.98 Å². The standard InChI is InChI=1S/C18H20ClN3O3S/c19-13-4-6-14(7-5-13)25-11-16-21-15(12-26-16)18(24)20-8-2-10-22-9-1-3-17(22)23/h4-7,12H,1-3,8-11H2,(H,20,24). The fourth-order valence-electron chi connectivity index (χ4n) is 2.66. The van der Waals surface area contributed by atoms with Gasteiger partial charge in [0.1, 0.15) is 23.1 Å². The van der Waals surface area contributed by atoms with Crippen molar-refractivity contribution in [2.24, 2.45) is 0 Å². The summed E-state index contributed by atoms with van der Waals surface area (Å²) in [5, 5.41) is 5.95. The van der Waals surface area contributed by atoms with Crippen LogP contribution in [0.5, 0.6) is 5.75 Å². The summed E-state index contributed by atoms with van der Waals surface area (Å²) in [6, 6.07) is 7.09. The highest BCUT2D eigenvalue weighted by Gasteiger charge is 2.19. The zero-order chi connectivity index (χ0) is 18.4. The maximum Gasteiger partial charge on any atom is 0.270 e. The molecule has 138 valence electrons. The second-order valence-electron chi connectivity index (χ2n) is 5.96. The number of carbonyl (C=O) groups is 2. The van der Waals surface area contributed by atoms with E-state index in [9.17, 15) is 9.59 Å². The number of thiazole rings is 1. The highest BCUT2D eigenvalue weighted by molar-refractivity contribution is 7.09. The molecular formula is C18H20ClN3O3S. The van der Waals surface area contributed by atoms with Gasteiger partial charge in [0.2, 0.25) is 5.91 Å². The van der Waals surface area contributed by atoms with Gasteiger partial charge in [-0.2, -0.15) is 0 Å². The van der Waals surface area contributed by atoms with E-state index in [4.69, 9.17) is 16.3 Å². The number of halogens is 1. The molecule has 8 heteroatoms. The van der Waals surface area contributed by atoms with Crippen LogP contribution in [-0.4, -0.2) is 41.3 Å². The Balaban J connectivity index is 1.39. The van der Waals surface area contributed by atoms with Crippen molar-refractivity contribution < 1.29 is 14.3 Å². The lowest BCUT2D eigenvalue weighted by atomic mass is 10.3. The van der Waals surface area contributed by atoms with Gasteiger partial charge in [-0.15, -0.1) is 11.3 Å². The van der Waals surface area contributed by atoms with Crippen LogP contribution in [0.3, 0.4) is 0 Å². The molecular weight excluding hydrogens is 374 g/mol. The lowest BCUT2D eigenvalue weighted by molar-refractivity contribution is -0.127. The minimum absolute atomic E-state index is 0.202. The number of hydrogen-bond acceptors (Lipinski definition) is 5. The summed E-state index contributed by atoms with van der Waals surface area (Å²) in [6.45, 7) is 2.35. The molecule has 0 radical (unpaired) electrons. The highest BCUT2D eigenvalue weighted by atomic mass is 35.5. The van der Waals surface area contributed by atoms with Crippen molar-refractivity contribution in [1.82, 2.24) is 15.2 Å². The lowest BCUT2D eigenvalue weighted by Gasteiger charge is -2.14. The summed E-state index contributed by atoms with van der Waals surface area (Å²) in [4.78, 5) is 29.8. The summed E-state index contributed by atoms with van der Waals surface area (Å²) in [5.41, 5.74) is 0.391. The number of rotatable bonds is 8. The molecule has 0 spiro atoms. The number of likely N-dealkylation sites (tertiary alicyclic amines) is 1. The first-order valence-corrected chi connectivity index (χ1v) is 9.76. The molecule has 26 heavy (non-hydrogen) atoms. The van der Waals surface area contributed by atoms with E-state index in [0.29, 0.717) is 42.6 Å². The van der Waals surface area contributed by atoms with Crippen molar-refractivity contribution in [2.75, 3.05) is 19.6 Å². The van der Waals surface area contributed by atoms with Crippen molar-refractivity contribution in [3.8, 4) is 5.75 Å². The molecule has 2 amide bonds. The molecule has 0 atom stereocenters. The van der Waals surface area contributed by atoms with Crippen LogP contribution in [0.4, 0.5) is 0 Å². The van der Waals surface area contributed by atoms with E-state index in [1.807, 2.05) is 4.90 Å². The molecule has 2 aromatic rings. The Kier molecular flexibility index (Phi) is 6.46. The summed E-state index contributed by atoms with van der Waals surface area (Å²) < 4.78 is 5.63. The van der Waals surface area contributed by atoms with E-state index in [-0.39, 0.29) is 11.8 Å². The topological polar surface area (TPSA) is 71.5 Å². The predicted molar refractivity (Wildman–Crippen MR) is 101 cm³/mol. The monoisotopic (exact) mass is 393 g/mol. The van der Waals surface area contributed by atoms with E-state index in [2.05, 4.69) is 10.3 Å². The fraction of sp³-hybridized carbons (Fsp3) is 0.389. The first-order valence-electron chi connectivity index (χ1n) is 8.50. The quantitative estimate of drug-likeness (QED) is 0.699. The Morgan fingerprint density at radius 1 is 1.35 bits per heavy atom. The number of amides is 2. The first kappa shape index (κ1) is 18.7. The maximum atomic E-state index is 12.1. The van der Waals surface area contributed by atoms with Crippen molar-refractivity contribution in [3.63, 3.8) is 0 Å². The maximum absolute atomic E-state index is 12.1. The van der Waals surface area contributed by atoms with Crippen LogP contribution < -0.4 is 10.1 Å². The summed E-state index contributed by atoms with van der Waals surface area (Å²) >= 11 is 7.22. The largest absolute Gasteiger partial charge is 0.486 e. The molecule has 0 saturated carbocycles. The second-order valence-corrected chi connectivity index (χ2v) is 7.34.